The molecular formula is C77H95N11O14. The molecule has 102 heavy (non-hydrogen) atoms. The highest BCUT2D eigenvalue weighted by atomic mass is 16.5. The number of aliphatic hydroxyl groups excluding tert-OH is 1. The van der Waals surface area contributed by atoms with E-state index in [9.17, 15) is 63.3 Å². The Hall–Kier alpha value is -10.5. The largest absolute Gasteiger partial charge is 0.494 e. The topological polar surface area (TPSA) is 355 Å². The molecule has 0 radical (unpaired) electrons. The molecule has 2 heterocycles. The summed E-state index contributed by atoms with van der Waals surface area (Å²) in [6, 6.07) is 27.3. The predicted octanol–water partition coefficient (Wildman–Crippen LogP) is 4.43. The molecule has 1 unspecified atom stereocenters. The van der Waals surface area contributed by atoms with Crippen LogP contribution in [0.1, 0.15) is 93.4 Å². The molecule has 0 spiro atoms. The van der Waals surface area contributed by atoms with Gasteiger partial charge in [0.15, 0.2) is 0 Å². The smallest absolute Gasteiger partial charge is 0.326 e. The minimum Gasteiger partial charge on any atom is -0.494 e. The summed E-state index contributed by atoms with van der Waals surface area (Å²) in [4.78, 5) is 142. The van der Waals surface area contributed by atoms with Gasteiger partial charge in [0, 0.05) is 51.0 Å². The van der Waals surface area contributed by atoms with Gasteiger partial charge in [-0.1, -0.05) is 143 Å². The summed E-state index contributed by atoms with van der Waals surface area (Å²) in [5, 5.41) is 62.0. The number of likely N-dealkylation sites (tertiary alicyclic amines) is 2. The first kappa shape index (κ1) is 77.2. The standard InChI is InChI=1S/C77H95N11O14/c1-11-17-51-40-63(87(42-51)74(97)65(77(6,7)8)86-67(90)45(4)79-10)71(94)82-59(38-49-24-28-52-18-13-15-20-55(52)34-49)69(92)84-61(75(98)99)36-47-22-30-54(31-23-47)68(91)81-57-41-64(88(43-57)73(96)46(5)80-66(89)44(3)78-9)72(95)83-60(39-50-25-29-53-19-14-16-21-56(53)35-50)70(93)85-62(76(100)101)37-48-26-32-58(33-27-48)102-12-2/h11,13-16,18-35,45-46,51,57,59-65,71,78-79,82,94H,1,3,12,17,36-43H2,2,4-10H3,(H,80,89)(H,81,91)(H,83,95)(H,84,92)(H,85,93)(H,86,90)(H,98,99)(H,100,101)/t45-,46-,51-,57-,59-,60-,61-,62-,63-,64-,65+,71?/m0/s1. The Bertz CT molecular complexity index is 4050. The molecular weight excluding hydrogens is 1300 g/mol. The van der Waals surface area contributed by atoms with Gasteiger partial charge in [-0.05, 0) is 133 Å². The fourth-order valence-corrected chi connectivity index (χ4v) is 12.9. The van der Waals surface area contributed by atoms with Crippen molar-refractivity contribution in [3.05, 3.63) is 186 Å². The molecule has 25 heteroatoms. The van der Waals surface area contributed by atoms with Crippen LogP contribution in [0.2, 0.25) is 0 Å². The van der Waals surface area contributed by atoms with Gasteiger partial charge in [-0.25, -0.2) is 9.59 Å². The lowest BCUT2D eigenvalue weighted by atomic mass is 9.85. The highest BCUT2D eigenvalue weighted by molar-refractivity contribution is 5.99. The van der Waals surface area contributed by atoms with Crippen LogP contribution in [0.15, 0.2) is 158 Å². The van der Waals surface area contributed by atoms with Crippen LogP contribution in [0.3, 0.4) is 0 Å². The molecule has 542 valence electrons. The highest BCUT2D eigenvalue weighted by Crippen LogP contribution is 2.32. The minimum absolute atomic E-state index is 0.0185. The van der Waals surface area contributed by atoms with Crippen LogP contribution < -0.4 is 52.6 Å². The van der Waals surface area contributed by atoms with Crippen molar-refractivity contribution in [3.63, 3.8) is 0 Å². The third kappa shape index (κ3) is 20.4. The van der Waals surface area contributed by atoms with Gasteiger partial charge in [0.25, 0.3) is 11.8 Å². The van der Waals surface area contributed by atoms with E-state index in [1.807, 2.05) is 107 Å². The SMILES string of the molecule is C=CC[C@H]1C[C@@H](C(O)N[C@@H](Cc2ccc3ccccc3c2)C(=O)N[C@@H](Cc2ccc(C(=O)N[C@H]3C[C@@H](C(=O)N[C@@H](Cc4ccc5ccccc5c4)C(=O)N[C@@H](Cc4ccc(OCC)cc4)C(=O)O)N(C(=O)[C@H](C)NC(=O)C(=C)NC)C3)cc2)C(=O)O)N(C(=O)[C@@H](NC(=O)[C@H](C)NC)C(C)(C)C)C1. The van der Waals surface area contributed by atoms with E-state index < -0.39 is 131 Å². The highest BCUT2D eigenvalue weighted by Gasteiger charge is 2.47. The quantitative estimate of drug-likeness (QED) is 0.0154. The number of hydrogen-bond donors (Lipinski definition) is 12. The number of nitrogens with zero attached hydrogens (tertiary/aromatic N) is 2. The molecule has 6 aromatic rings. The maximum Gasteiger partial charge on any atom is 0.326 e. The van der Waals surface area contributed by atoms with E-state index in [-0.39, 0.29) is 62.4 Å². The molecule has 25 nitrogen and oxygen atoms in total. The fourth-order valence-electron chi connectivity index (χ4n) is 12.9. The molecule has 6 aromatic carbocycles. The molecule has 2 aliphatic heterocycles. The van der Waals surface area contributed by atoms with Gasteiger partial charge in [0.05, 0.1) is 30.4 Å². The zero-order valence-electron chi connectivity index (χ0n) is 58.9. The Morgan fingerprint density at radius 3 is 1.64 bits per heavy atom. The number of benzene rings is 6. The first-order valence-electron chi connectivity index (χ1n) is 34.3. The summed E-state index contributed by atoms with van der Waals surface area (Å²) in [6.07, 6.45) is 0.345. The number of carboxylic acid groups (broad SMARTS) is 2. The van der Waals surface area contributed by atoms with E-state index in [0.717, 1.165) is 21.5 Å². The van der Waals surface area contributed by atoms with Crippen molar-refractivity contribution in [1.82, 2.24) is 57.7 Å². The number of fused-ring (bicyclic) bond motifs is 2. The Morgan fingerprint density at radius 2 is 1.12 bits per heavy atom. The number of rotatable bonds is 33. The van der Waals surface area contributed by atoms with E-state index >= 15 is 0 Å². The molecule has 12 atom stereocenters. The van der Waals surface area contributed by atoms with Crippen LogP contribution >= 0.6 is 0 Å². The van der Waals surface area contributed by atoms with E-state index in [1.54, 1.807) is 50.4 Å². The molecule has 0 aromatic heterocycles. The summed E-state index contributed by atoms with van der Waals surface area (Å²) in [5.74, 6) is -7.55. The number of amides is 8. The molecule has 0 bridgehead atoms. The van der Waals surface area contributed by atoms with Gasteiger partial charge < -0.3 is 72.4 Å². The number of nitrogens with one attached hydrogen (secondary N) is 9. The molecule has 2 saturated heterocycles. The number of carboxylic acids is 2. The van der Waals surface area contributed by atoms with E-state index in [1.165, 1.54) is 48.0 Å². The van der Waals surface area contributed by atoms with Crippen molar-refractivity contribution >= 4 is 80.7 Å². The number of carbonyl (C=O) groups is 10. The number of aliphatic carboxylic acids is 2. The van der Waals surface area contributed by atoms with Crippen molar-refractivity contribution in [3.8, 4) is 5.75 Å². The monoisotopic (exact) mass is 1400 g/mol. The number of ether oxygens (including phenoxy) is 1. The second kappa shape index (κ2) is 35.2. The van der Waals surface area contributed by atoms with Crippen LogP contribution in [0.5, 0.6) is 5.75 Å². The van der Waals surface area contributed by atoms with Crippen LogP contribution in [-0.4, -0.2) is 185 Å². The van der Waals surface area contributed by atoms with Gasteiger partial charge >= 0.3 is 11.9 Å². The third-order valence-corrected chi connectivity index (χ3v) is 18.7. The summed E-state index contributed by atoms with van der Waals surface area (Å²) >= 11 is 0. The van der Waals surface area contributed by atoms with Gasteiger partial charge in [-0.15, -0.1) is 6.58 Å². The van der Waals surface area contributed by atoms with Crippen LogP contribution in [0.4, 0.5) is 0 Å². The molecule has 0 aliphatic carbocycles. The average Bonchev–Trinajstić information content (AvgIpc) is 1.62. The fraction of sp³-hybridized carbons (Fsp3) is 0.403. The first-order chi connectivity index (χ1) is 48.6. The summed E-state index contributed by atoms with van der Waals surface area (Å²) < 4.78 is 5.54. The lowest BCUT2D eigenvalue weighted by Crippen LogP contribution is -2.62. The number of hydrogen-bond acceptors (Lipinski definition) is 15. The van der Waals surface area contributed by atoms with Crippen LogP contribution in [0, 0.1) is 11.3 Å². The van der Waals surface area contributed by atoms with Gasteiger partial charge in [-0.3, -0.25) is 43.7 Å². The van der Waals surface area contributed by atoms with Gasteiger partial charge in [0.1, 0.15) is 48.2 Å². The maximum absolute atomic E-state index is 14.9. The predicted molar refractivity (Wildman–Crippen MR) is 386 cm³/mol. The average molecular weight is 1400 g/mol. The second-order valence-corrected chi connectivity index (χ2v) is 27.3. The van der Waals surface area contributed by atoms with E-state index in [0.29, 0.717) is 47.5 Å². The number of allylic oxidation sites excluding steroid dienone is 1. The van der Waals surface area contributed by atoms with Crippen molar-refractivity contribution < 1.29 is 68.0 Å². The van der Waals surface area contributed by atoms with Crippen LogP contribution in [-0.2, 0) is 68.8 Å². The van der Waals surface area contributed by atoms with Crippen molar-refractivity contribution in [2.24, 2.45) is 11.3 Å². The lowest BCUT2D eigenvalue weighted by molar-refractivity contribution is -0.144. The zero-order valence-corrected chi connectivity index (χ0v) is 58.9. The molecule has 8 rings (SSSR count). The third-order valence-electron chi connectivity index (χ3n) is 18.7. The Labute approximate surface area is 594 Å². The summed E-state index contributed by atoms with van der Waals surface area (Å²) in [7, 11) is 3.11. The summed E-state index contributed by atoms with van der Waals surface area (Å²) in [6.45, 7) is 18.4. The molecule has 8 amide bonds. The number of carbonyl (C=O) groups excluding carboxylic acids is 8. The number of likely N-dealkylation sites (N-methyl/N-ethyl adjacent to an activating group) is 2. The van der Waals surface area contributed by atoms with Crippen molar-refractivity contribution in [2.45, 2.75) is 153 Å². The van der Waals surface area contributed by atoms with Crippen molar-refractivity contribution in [2.75, 3.05) is 33.8 Å². The van der Waals surface area contributed by atoms with Crippen LogP contribution in [0.25, 0.3) is 21.5 Å². The molecule has 2 aliphatic rings. The van der Waals surface area contributed by atoms with Gasteiger partial charge in [-0.2, -0.15) is 0 Å². The van der Waals surface area contributed by atoms with E-state index in [2.05, 4.69) is 61.0 Å². The second-order valence-electron chi connectivity index (χ2n) is 27.3. The number of aliphatic hydroxyl groups is 1. The Kier molecular flexibility index (Phi) is 26.7. The van der Waals surface area contributed by atoms with E-state index in [4.69, 9.17) is 4.74 Å². The Morgan fingerprint density at radius 1 is 0.598 bits per heavy atom. The summed E-state index contributed by atoms with van der Waals surface area (Å²) in [5.41, 5.74) is 1.58. The first-order valence-corrected chi connectivity index (χ1v) is 34.3. The van der Waals surface area contributed by atoms with Crippen molar-refractivity contribution in [1.29, 1.82) is 0 Å². The normalized spacial score (nSPS) is 18.2. The molecule has 2 fully saturated rings. The van der Waals surface area contributed by atoms with Gasteiger partial charge in [0.2, 0.25) is 35.4 Å². The Balaban J connectivity index is 1.000. The zero-order chi connectivity index (χ0) is 74.1. The molecule has 0 saturated carbocycles. The maximum atomic E-state index is 14.9. The minimum atomic E-state index is -1.54. The lowest BCUT2D eigenvalue weighted by Gasteiger charge is -2.38. The molecule has 12 N–H and O–H groups in total.